The molecule has 0 spiro atoms. The summed E-state index contributed by atoms with van der Waals surface area (Å²) >= 11 is 0. The molecule has 0 atom stereocenters. The maximum Gasteiger partial charge on any atom is 0.573 e. The molecule has 1 aromatic rings. The second-order valence-corrected chi connectivity index (χ2v) is 3.48. The quantitative estimate of drug-likeness (QED) is 0.629. The number of halogens is 6. The fourth-order valence-corrected chi connectivity index (χ4v) is 1.29. The van der Waals surface area contributed by atoms with Gasteiger partial charge in [0.05, 0.1) is 12.2 Å². The molecule has 0 aliphatic heterocycles. The van der Waals surface area contributed by atoms with Crippen molar-refractivity contribution in [3.05, 3.63) is 29.3 Å². The van der Waals surface area contributed by atoms with Crippen molar-refractivity contribution in [1.29, 1.82) is 0 Å². The number of hydrogen-bond acceptors (Lipinski definition) is 3. The van der Waals surface area contributed by atoms with Gasteiger partial charge < -0.3 is 9.47 Å². The molecule has 1 rings (SSSR count). The predicted molar refractivity (Wildman–Crippen MR) is 54.1 cm³/mol. The summed E-state index contributed by atoms with van der Waals surface area (Å²) in [7, 11) is 0. The van der Waals surface area contributed by atoms with Crippen LogP contribution in [0.1, 0.15) is 22.8 Å². The molecule has 112 valence electrons. The molecule has 0 unspecified atom stereocenters. The number of ether oxygens (including phenoxy) is 2. The van der Waals surface area contributed by atoms with Gasteiger partial charge in [0.15, 0.2) is 0 Å². The number of carbonyl (C=O) groups excluding carboxylic acids is 1. The molecule has 0 aromatic heterocycles. The Morgan fingerprint density at radius 3 is 2.20 bits per heavy atom. The van der Waals surface area contributed by atoms with E-state index >= 15 is 0 Å². The zero-order valence-electron chi connectivity index (χ0n) is 9.93. The standard InChI is InChI=1S/C11H8F6O3/c1-2-19-9(18)7-4-3-6(10(12,13)14)5-8(7)20-11(15,16)17/h3-5H,2H2,1H3. The largest absolute Gasteiger partial charge is 0.573 e. The summed E-state index contributed by atoms with van der Waals surface area (Å²) < 4.78 is 81.6. The Hall–Kier alpha value is -1.93. The molecule has 0 N–H and O–H groups in total. The minimum atomic E-state index is -5.23. The highest BCUT2D eigenvalue weighted by atomic mass is 19.4. The van der Waals surface area contributed by atoms with Gasteiger partial charge in [-0.05, 0) is 25.1 Å². The normalized spacial score (nSPS) is 12.2. The van der Waals surface area contributed by atoms with Crippen molar-refractivity contribution in [1.82, 2.24) is 0 Å². The monoisotopic (exact) mass is 302 g/mol. The van der Waals surface area contributed by atoms with Crippen LogP contribution in [0.2, 0.25) is 0 Å². The highest BCUT2D eigenvalue weighted by molar-refractivity contribution is 5.92. The van der Waals surface area contributed by atoms with Crippen LogP contribution in [0.5, 0.6) is 5.75 Å². The first-order valence-electron chi connectivity index (χ1n) is 5.18. The summed E-state index contributed by atoms with van der Waals surface area (Å²) in [5.74, 6) is -2.47. The van der Waals surface area contributed by atoms with Crippen molar-refractivity contribution in [2.24, 2.45) is 0 Å². The van der Waals surface area contributed by atoms with Gasteiger partial charge in [-0.3, -0.25) is 0 Å². The number of alkyl halides is 6. The van der Waals surface area contributed by atoms with E-state index < -0.39 is 35.4 Å². The van der Waals surface area contributed by atoms with Gasteiger partial charge in [-0.1, -0.05) is 0 Å². The maximum absolute atomic E-state index is 12.4. The molecule has 0 saturated carbocycles. The lowest BCUT2D eigenvalue weighted by Gasteiger charge is -2.15. The summed E-state index contributed by atoms with van der Waals surface area (Å²) in [6, 6.07) is 1.14. The van der Waals surface area contributed by atoms with Crippen LogP contribution in [-0.2, 0) is 10.9 Å². The summed E-state index contributed by atoms with van der Waals surface area (Å²) in [6.45, 7) is 1.25. The van der Waals surface area contributed by atoms with Crippen LogP contribution in [0.3, 0.4) is 0 Å². The Balaban J connectivity index is 3.27. The lowest BCUT2D eigenvalue weighted by atomic mass is 10.1. The Bertz CT molecular complexity index is 492. The minimum absolute atomic E-state index is 0.0970. The van der Waals surface area contributed by atoms with E-state index in [0.717, 1.165) is 0 Å². The third-order valence-corrected chi connectivity index (χ3v) is 2.03. The highest BCUT2D eigenvalue weighted by Crippen LogP contribution is 2.35. The number of benzene rings is 1. The van der Waals surface area contributed by atoms with E-state index in [1.54, 1.807) is 0 Å². The Kier molecular flexibility index (Phi) is 4.51. The molecule has 0 fully saturated rings. The first-order chi connectivity index (χ1) is 9.04. The number of rotatable bonds is 3. The molecule has 1 aromatic carbocycles. The van der Waals surface area contributed by atoms with Crippen molar-refractivity contribution in [2.75, 3.05) is 6.61 Å². The molecule has 9 heteroatoms. The van der Waals surface area contributed by atoms with Gasteiger partial charge in [0.1, 0.15) is 11.3 Å². The van der Waals surface area contributed by atoms with E-state index in [0.29, 0.717) is 12.1 Å². The summed E-state index contributed by atoms with van der Waals surface area (Å²) in [5, 5.41) is 0. The van der Waals surface area contributed by atoms with Gasteiger partial charge in [0, 0.05) is 0 Å². The molecule has 0 aliphatic carbocycles. The van der Waals surface area contributed by atoms with E-state index in [2.05, 4.69) is 9.47 Å². The molecule has 0 radical (unpaired) electrons. The molecule has 0 aliphatic rings. The average molecular weight is 302 g/mol. The first kappa shape index (κ1) is 16.1. The lowest BCUT2D eigenvalue weighted by molar-refractivity contribution is -0.274. The van der Waals surface area contributed by atoms with Gasteiger partial charge in [-0.15, -0.1) is 13.2 Å². The van der Waals surface area contributed by atoms with Crippen molar-refractivity contribution >= 4 is 5.97 Å². The van der Waals surface area contributed by atoms with Crippen molar-refractivity contribution in [3.63, 3.8) is 0 Å². The third kappa shape index (κ3) is 4.32. The van der Waals surface area contributed by atoms with Crippen LogP contribution in [0.4, 0.5) is 26.3 Å². The number of esters is 1. The van der Waals surface area contributed by atoms with Gasteiger partial charge in [-0.2, -0.15) is 13.2 Å². The molecule has 20 heavy (non-hydrogen) atoms. The fourth-order valence-electron chi connectivity index (χ4n) is 1.29. The Labute approximate surface area is 109 Å². The molecule has 3 nitrogen and oxygen atoms in total. The molecule has 0 bridgehead atoms. The van der Waals surface area contributed by atoms with Gasteiger partial charge >= 0.3 is 18.5 Å². The summed E-state index contributed by atoms with van der Waals surface area (Å²) in [5.41, 5.74) is -2.11. The third-order valence-electron chi connectivity index (χ3n) is 2.03. The van der Waals surface area contributed by atoms with Gasteiger partial charge in [0.25, 0.3) is 0 Å². The van der Waals surface area contributed by atoms with E-state index in [1.165, 1.54) is 6.92 Å². The second kappa shape index (κ2) is 5.59. The SMILES string of the molecule is CCOC(=O)c1ccc(C(F)(F)F)cc1OC(F)(F)F. The molecular formula is C11H8F6O3. The van der Waals surface area contributed by atoms with E-state index in [4.69, 9.17) is 0 Å². The van der Waals surface area contributed by atoms with E-state index in [9.17, 15) is 31.1 Å². The summed E-state index contributed by atoms with van der Waals surface area (Å²) in [4.78, 5) is 11.4. The average Bonchev–Trinajstić information content (AvgIpc) is 2.25. The number of hydrogen-bond donors (Lipinski definition) is 0. The van der Waals surface area contributed by atoms with Crippen LogP contribution in [0.25, 0.3) is 0 Å². The topological polar surface area (TPSA) is 35.5 Å². The van der Waals surface area contributed by atoms with Crippen LogP contribution >= 0.6 is 0 Å². The first-order valence-corrected chi connectivity index (χ1v) is 5.18. The fraction of sp³-hybridized carbons (Fsp3) is 0.364. The smallest absolute Gasteiger partial charge is 0.462 e. The second-order valence-electron chi connectivity index (χ2n) is 3.48. The lowest BCUT2D eigenvalue weighted by Crippen LogP contribution is -2.20. The minimum Gasteiger partial charge on any atom is -0.462 e. The molecule has 0 amide bonds. The van der Waals surface area contributed by atoms with Gasteiger partial charge in [0.2, 0.25) is 0 Å². The zero-order chi connectivity index (χ0) is 15.6. The molecule has 0 saturated heterocycles. The molecular weight excluding hydrogens is 294 g/mol. The Morgan fingerprint density at radius 2 is 1.75 bits per heavy atom. The predicted octanol–water partition coefficient (Wildman–Crippen LogP) is 3.78. The molecule has 0 heterocycles. The van der Waals surface area contributed by atoms with Crippen molar-refractivity contribution < 1.29 is 40.6 Å². The van der Waals surface area contributed by atoms with Gasteiger partial charge in [-0.25, -0.2) is 4.79 Å². The summed E-state index contributed by atoms with van der Waals surface area (Å²) in [6.07, 6.45) is -10.1. The van der Waals surface area contributed by atoms with Crippen LogP contribution < -0.4 is 4.74 Å². The number of carbonyl (C=O) groups is 1. The van der Waals surface area contributed by atoms with Crippen molar-refractivity contribution in [2.45, 2.75) is 19.5 Å². The van der Waals surface area contributed by atoms with Crippen LogP contribution in [-0.4, -0.2) is 18.9 Å². The van der Waals surface area contributed by atoms with Crippen molar-refractivity contribution in [3.8, 4) is 5.75 Å². The highest BCUT2D eigenvalue weighted by Gasteiger charge is 2.36. The van der Waals surface area contributed by atoms with Crippen LogP contribution in [0, 0.1) is 0 Å². The zero-order valence-corrected chi connectivity index (χ0v) is 9.93. The van der Waals surface area contributed by atoms with Crippen LogP contribution in [0.15, 0.2) is 18.2 Å². The van der Waals surface area contributed by atoms with E-state index in [1.807, 2.05) is 0 Å². The maximum atomic E-state index is 12.4. The Morgan fingerprint density at radius 1 is 1.15 bits per heavy atom. The van der Waals surface area contributed by atoms with E-state index in [-0.39, 0.29) is 12.7 Å².